The Balaban J connectivity index is 1.65. The largest absolute Gasteiger partial charge is 0.474 e. The molecule has 1 saturated carbocycles. The number of aromatic nitrogens is 2. The molecule has 174 valence electrons. The number of nitrogens with zero attached hydrogens (tertiary/aromatic N) is 2. The minimum atomic E-state index is -3.53. The molecule has 8 nitrogen and oxygen atoms in total. The summed E-state index contributed by atoms with van der Waals surface area (Å²) >= 11 is 0. The second kappa shape index (κ2) is 9.81. The van der Waals surface area contributed by atoms with Crippen LogP contribution in [0.5, 0.6) is 17.5 Å². The number of halogens is 1. The highest BCUT2D eigenvalue weighted by Gasteiger charge is 2.25. The van der Waals surface area contributed by atoms with E-state index in [0.717, 1.165) is 38.0 Å². The minimum Gasteiger partial charge on any atom is -0.474 e. The van der Waals surface area contributed by atoms with Gasteiger partial charge in [-0.25, -0.2) is 22.8 Å². The number of sulfone groups is 1. The van der Waals surface area contributed by atoms with E-state index in [2.05, 4.69) is 15.3 Å². The fourth-order valence-corrected chi connectivity index (χ4v) is 4.02. The first-order valence-electron chi connectivity index (χ1n) is 10.5. The van der Waals surface area contributed by atoms with Crippen LogP contribution < -0.4 is 14.8 Å². The van der Waals surface area contributed by atoms with Gasteiger partial charge in [0.1, 0.15) is 12.4 Å². The van der Waals surface area contributed by atoms with E-state index >= 15 is 0 Å². The summed E-state index contributed by atoms with van der Waals surface area (Å²) in [6.07, 6.45) is 5.38. The first-order valence-corrected chi connectivity index (χ1v) is 12.4. The molecule has 0 saturated heterocycles. The van der Waals surface area contributed by atoms with Crippen LogP contribution in [0.3, 0.4) is 0 Å². The Morgan fingerprint density at radius 1 is 1.16 bits per heavy atom. The molecule has 1 amide bonds. The Morgan fingerprint density at radius 3 is 2.41 bits per heavy atom. The number of carbonyl (C=O) groups is 1. The van der Waals surface area contributed by atoms with Crippen molar-refractivity contribution in [3.63, 3.8) is 0 Å². The third-order valence-corrected chi connectivity index (χ3v) is 6.46. The van der Waals surface area contributed by atoms with Crippen molar-refractivity contribution in [1.29, 1.82) is 0 Å². The van der Waals surface area contributed by atoms with Gasteiger partial charge in [-0.15, -0.1) is 0 Å². The van der Waals surface area contributed by atoms with Crippen LogP contribution in [-0.2, 0) is 14.6 Å². The van der Waals surface area contributed by atoms with Crippen molar-refractivity contribution in [2.45, 2.75) is 63.5 Å². The Hall–Kier alpha value is -2.75. The summed E-state index contributed by atoms with van der Waals surface area (Å²) in [6.45, 7) is 5.45. The van der Waals surface area contributed by atoms with Crippen LogP contribution in [0, 0.1) is 18.7 Å². The van der Waals surface area contributed by atoms with Gasteiger partial charge in [-0.1, -0.05) is 13.8 Å². The highest BCUT2D eigenvalue weighted by Crippen LogP contribution is 2.32. The van der Waals surface area contributed by atoms with E-state index in [0.29, 0.717) is 11.4 Å². The second-order valence-electron chi connectivity index (χ2n) is 8.33. The summed E-state index contributed by atoms with van der Waals surface area (Å²) in [5.41, 5.74) is 0.509. The smallest absolute Gasteiger partial charge is 0.229 e. The van der Waals surface area contributed by atoms with Crippen molar-refractivity contribution < 1.29 is 27.1 Å². The van der Waals surface area contributed by atoms with E-state index < -0.39 is 15.7 Å². The van der Waals surface area contributed by atoms with Gasteiger partial charge >= 0.3 is 0 Å². The van der Waals surface area contributed by atoms with Gasteiger partial charge in [-0.05, 0) is 50.8 Å². The van der Waals surface area contributed by atoms with Gasteiger partial charge < -0.3 is 14.8 Å². The van der Waals surface area contributed by atoms with Gasteiger partial charge in [0.2, 0.25) is 17.7 Å². The average molecular weight is 466 g/mol. The van der Waals surface area contributed by atoms with E-state index in [4.69, 9.17) is 9.47 Å². The molecule has 1 aromatic heterocycles. The normalized spacial score (nSPS) is 18.9. The molecular formula is C22H28FN3O5S. The topological polar surface area (TPSA) is 107 Å². The highest BCUT2D eigenvalue weighted by atomic mass is 32.2. The number of carbonyl (C=O) groups excluding carboxylic acids is 1. The maximum absolute atomic E-state index is 14.4. The molecule has 0 bridgehead atoms. The molecule has 0 unspecified atom stereocenters. The van der Waals surface area contributed by atoms with Crippen molar-refractivity contribution in [2.75, 3.05) is 6.26 Å². The number of amides is 1. The third-order valence-electron chi connectivity index (χ3n) is 5.35. The number of rotatable bonds is 7. The van der Waals surface area contributed by atoms with Crippen LogP contribution in [0.1, 0.15) is 45.1 Å². The van der Waals surface area contributed by atoms with Crippen LogP contribution in [0.25, 0.3) is 0 Å². The lowest BCUT2D eigenvalue weighted by atomic mass is 9.92. The Labute approximate surface area is 187 Å². The van der Waals surface area contributed by atoms with Crippen LogP contribution in [-0.4, -0.2) is 42.7 Å². The first kappa shape index (κ1) is 23.9. The number of benzene rings is 1. The van der Waals surface area contributed by atoms with Crippen molar-refractivity contribution >= 4 is 15.7 Å². The van der Waals surface area contributed by atoms with Gasteiger partial charge in [-0.2, -0.15) is 0 Å². The van der Waals surface area contributed by atoms with Gasteiger partial charge in [0.15, 0.2) is 21.4 Å². The summed E-state index contributed by atoms with van der Waals surface area (Å²) < 4.78 is 49.1. The molecule has 1 fully saturated rings. The van der Waals surface area contributed by atoms with Crippen molar-refractivity contribution in [3.05, 3.63) is 35.9 Å². The summed E-state index contributed by atoms with van der Waals surface area (Å²) in [5.74, 6) is -0.475. The summed E-state index contributed by atoms with van der Waals surface area (Å²) in [6, 6.07) is 3.58. The van der Waals surface area contributed by atoms with E-state index in [1.165, 1.54) is 18.5 Å². The molecule has 1 N–H and O–H groups in total. The second-order valence-corrected chi connectivity index (χ2v) is 10.3. The zero-order chi connectivity index (χ0) is 23.5. The lowest BCUT2D eigenvalue weighted by Gasteiger charge is -2.30. The van der Waals surface area contributed by atoms with Crippen LogP contribution in [0.4, 0.5) is 4.39 Å². The third kappa shape index (κ3) is 5.93. The monoisotopic (exact) mass is 465 g/mol. The Morgan fingerprint density at radius 2 is 1.81 bits per heavy atom. The molecule has 1 heterocycles. The summed E-state index contributed by atoms with van der Waals surface area (Å²) in [5, 5.41) is 3.06. The van der Waals surface area contributed by atoms with E-state index in [1.807, 2.05) is 13.8 Å². The van der Waals surface area contributed by atoms with Gasteiger partial charge in [-0.3, -0.25) is 4.79 Å². The minimum absolute atomic E-state index is 0.0431. The molecule has 1 aliphatic carbocycles. The van der Waals surface area contributed by atoms with Crippen LogP contribution in [0.15, 0.2) is 29.4 Å². The number of hydrogen-bond donors (Lipinski definition) is 1. The van der Waals surface area contributed by atoms with Crippen molar-refractivity contribution in [3.8, 4) is 17.5 Å². The predicted molar refractivity (Wildman–Crippen MR) is 116 cm³/mol. The molecule has 1 aliphatic rings. The molecule has 2 aromatic rings. The molecule has 0 atom stereocenters. The molecule has 32 heavy (non-hydrogen) atoms. The molecule has 10 heteroatoms. The van der Waals surface area contributed by atoms with Gasteiger partial charge in [0.25, 0.3) is 0 Å². The van der Waals surface area contributed by atoms with E-state index in [-0.39, 0.29) is 40.5 Å². The molecule has 3 rings (SSSR count). The maximum atomic E-state index is 14.4. The Kier molecular flexibility index (Phi) is 7.33. The zero-order valence-corrected chi connectivity index (χ0v) is 19.4. The molecule has 0 aliphatic heterocycles. The van der Waals surface area contributed by atoms with E-state index in [9.17, 15) is 17.6 Å². The summed E-state index contributed by atoms with van der Waals surface area (Å²) in [4.78, 5) is 20.0. The van der Waals surface area contributed by atoms with E-state index in [1.54, 1.807) is 6.92 Å². The number of nitrogens with one attached hydrogen (secondary N) is 1. The first-order chi connectivity index (χ1) is 15.0. The van der Waals surface area contributed by atoms with Crippen LogP contribution >= 0.6 is 0 Å². The molecule has 0 spiro atoms. The maximum Gasteiger partial charge on any atom is 0.229 e. The van der Waals surface area contributed by atoms with Crippen LogP contribution in [0.2, 0.25) is 0 Å². The predicted octanol–water partition coefficient (Wildman–Crippen LogP) is 3.58. The quantitative estimate of drug-likeness (QED) is 0.666. The SMILES string of the molecule is Cc1c(Oc2ccc(S(C)(=O)=O)cc2F)ncnc1OC1CCC(NC(=O)C(C)C)CC1. The zero-order valence-electron chi connectivity index (χ0n) is 18.6. The van der Waals surface area contributed by atoms with Gasteiger partial charge in [0, 0.05) is 18.2 Å². The lowest BCUT2D eigenvalue weighted by Crippen LogP contribution is -2.41. The van der Waals surface area contributed by atoms with Gasteiger partial charge in [0.05, 0.1) is 10.5 Å². The highest BCUT2D eigenvalue weighted by molar-refractivity contribution is 7.90. The fourth-order valence-electron chi connectivity index (χ4n) is 3.39. The molecule has 1 aromatic carbocycles. The number of hydrogen-bond acceptors (Lipinski definition) is 7. The molecule has 0 radical (unpaired) electrons. The van der Waals surface area contributed by atoms with Crippen molar-refractivity contribution in [1.82, 2.24) is 15.3 Å². The Bertz CT molecular complexity index is 1080. The summed E-state index contributed by atoms with van der Waals surface area (Å²) in [7, 11) is -3.53. The standard InChI is InChI=1S/C22H28FN3O5S/c1-13(2)20(27)26-15-5-7-16(8-6-15)30-21-14(3)22(25-12-24-21)31-19-10-9-17(11-18(19)23)32(4,28)29/h9-13,15-16H,5-8H2,1-4H3,(H,26,27). The van der Waals surface area contributed by atoms with Crippen molar-refractivity contribution in [2.24, 2.45) is 5.92 Å². The average Bonchev–Trinajstić information content (AvgIpc) is 2.72. The fraction of sp³-hybridized carbons (Fsp3) is 0.500. The lowest BCUT2D eigenvalue weighted by molar-refractivity contribution is -0.125. The molecular weight excluding hydrogens is 437 g/mol. The number of ether oxygens (including phenoxy) is 2.